The van der Waals surface area contributed by atoms with Gasteiger partial charge in [-0.2, -0.15) is 0 Å². The van der Waals surface area contributed by atoms with E-state index in [0.29, 0.717) is 0 Å². The number of likely N-dealkylation sites (tertiary alicyclic amines) is 1. The molecule has 21 heavy (non-hydrogen) atoms. The second-order valence-electron chi connectivity index (χ2n) is 7.81. The third-order valence-electron chi connectivity index (χ3n) is 6.47. The lowest BCUT2D eigenvalue weighted by atomic mass is 9.83. The lowest BCUT2D eigenvalue weighted by Gasteiger charge is -2.37. The van der Waals surface area contributed by atoms with Crippen molar-refractivity contribution in [3.8, 4) is 0 Å². The van der Waals surface area contributed by atoms with Crippen molar-refractivity contribution in [3.05, 3.63) is 0 Å². The number of hydrogen-bond donors (Lipinski definition) is 1. The lowest BCUT2D eigenvalue weighted by molar-refractivity contribution is 0.143. The van der Waals surface area contributed by atoms with E-state index in [2.05, 4.69) is 17.1 Å². The summed E-state index contributed by atoms with van der Waals surface area (Å²) in [7, 11) is 0. The summed E-state index contributed by atoms with van der Waals surface area (Å²) in [6, 6.07) is 1.69. The smallest absolute Gasteiger partial charge is 0.0223 e. The quantitative estimate of drug-likeness (QED) is 0.789. The van der Waals surface area contributed by atoms with Crippen molar-refractivity contribution in [1.82, 2.24) is 10.2 Å². The molecular weight excluding hydrogens is 256 g/mol. The van der Waals surface area contributed by atoms with Gasteiger partial charge in [0.05, 0.1) is 0 Å². The average Bonchev–Trinajstić information content (AvgIpc) is 3.18. The highest BCUT2D eigenvalue weighted by Crippen LogP contribution is 2.36. The van der Waals surface area contributed by atoms with Gasteiger partial charge in [0.15, 0.2) is 0 Å². The van der Waals surface area contributed by atoms with Crippen LogP contribution in [0.3, 0.4) is 0 Å². The van der Waals surface area contributed by atoms with Gasteiger partial charge in [-0.15, -0.1) is 0 Å². The normalized spacial score (nSPS) is 31.0. The first-order valence-corrected chi connectivity index (χ1v) is 9.86. The van der Waals surface area contributed by atoms with Crippen molar-refractivity contribution < 1.29 is 0 Å². The topological polar surface area (TPSA) is 15.3 Å². The first kappa shape index (κ1) is 15.8. The molecule has 0 amide bonds. The van der Waals surface area contributed by atoms with Crippen molar-refractivity contribution in [2.24, 2.45) is 11.8 Å². The minimum Gasteiger partial charge on any atom is -0.313 e. The molecule has 3 aliphatic rings. The van der Waals surface area contributed by atoms with Gasteiger partial charge in [-0.1, -0.05) is 39.0 Å². The molecule has 0 bridgehead atoms. The van der Waals surface area contributed by atoms with Crippen LogP contribution >= 0.6 is 0 Å². The monoisotopic (exact) mass is 292 g/mol. The molecule has 1 aliphatic heterocycles. The fraction of sp³-hybridized carbons (Fsp3) is 1.00. The zero-order valence-corrected chi connectivity index (χ0v) is 14.2. The molecule has 2 aliphatic carbocycles. The van der Waals surface area contributed by atoms with E-state index in [1.54, 1.807) is 0 Å². The zero-order valence-electron chi connectivity index (χ0n) is 14.2. The molecule has 2 unspecified atom stereocenters. The maximum atomic E-state index is 3.85. The molecule has 1 saturated heterocycles. The van der Waals surface area contributed by atoms with Crippen molar-refractivity contribution in [2.75, 3.05) is 19.6 Å². The molecule has 3 rings (SSSR count). The Morgan fingerprint density at radius 2 is 1.62 bits per heavy atom. The minimum atomic E-state index is 0.761. The van der Waals surface area contributed by atoms with E-state index in [9.17, 15) is 0 Å². The van der Waals surface area contributed by atoms with E-state index in [1.165, 1.54) is 83.7 Å². The third kappa shape index (κ3) is 4.01. The van der Waals surface area contributed by atoms with Crippen molar-refractivity contribution >= 4 is 0 Å². The molecule has 2 heteroatoms. The number of nitrogens with one attached hydrogen (secondary N) is 1. The Morgan fingerprint density at radius 3 is 2.33 bits per heavy atom. The predicted octanol–water partition coefficient (Wildman–Crippen LogP) is 4.20. The van der Waals surface area contributed by atoms with Gasteiger partial charge in [0.2, 0.25) is 0 Å². The summed E-state index contributed by atoms with van der Waals surface area (Å²) in [6.45, 7) is 6.13. The molecule has 2 saturated carbocycles. The summed E-state index contributed by atoms with van der Waals surface area (Å²) in [5.41, 5.74) is 0. The fourth-order valence-electron chi connectivity index (χ4n) is 5.39. The summed E-state index contributed by atoms with van der Waals surface area (Å²) in [5.74, 6) is 1.98. The molecule has 0 aromatic rings. The van der Waals surface area contributed by atoms with Crippen LogP contribution in [0.2, 0.25) is 0 Å². The molecule has 2 nitrogen and oxygen atoms in total. The lowest BCUT2D eigenvalue weighted by Crippen LogP contribution is -2.48. The van der Waals surface area contributed by atoms with Crippen LogP contribution in [0.25, 0.3) is 0 Å². The SMILES string of the molecule is CCNC(CN1CCCC1C1CCCC1)C1CCCCC1. The molecule has 3 fully saturated rings. The number of hydrogen-bond acceptors (Lipinski definition) is 2. The van der Waals surface area contributed by atoms with Gasteiger partial charge >= 0.3 is 0 Å². The van der Waals surface area contributed by atoms with E-state index in [1.807, 2.05) is 0 Å². The second kappa shape index (κ2) is 7.97. The van der Waals surface area contributed by atoms with Gasteiger partial charge in [0, 0.05) is 18.6 Å². The Balaban J connectivity index is 1.58. The van der Waals surface area contributed by atoms with E-state index < -0.39 is 0 Å². The maximum absolute atomic E-state index is 3.85. The van der Waals surface area contributed by atoms with Gasteiger partial charge in [0.25, 0.3) is 0 Å². The average molecular weight is 293 g/mol. The Morgan fingerprint density at radius 1 is 0.905 bits per heavy atom. The first-order valence-electron chi connectivity index (χ1n) is 9.86. The van der Waals surface area contributed by atoms with Gasteiger partial charge in [-0.25, -0.2) is 0 Å². The molecule has 122 valence electrons. The Bertz CT molecular complexity index is 292. The standard InChI is InChI=1S/C19H36N2/c1-2-20-18(16-9-4-3-5-10-16)15-21-14-8-13-19(21)17-11-6-7-12-17/h16-20H,2-15H2,1H3. The molecule has 2 atom stereocenters. The summed E-state index contributed by atoms with van der Waals surface area (Å²) >= 11 is 0. The third-order valence-corrected chi connectivity index (χ3v) is 6.47. The summed E-state index contributed by atoms with van der Waals surface area (Å²) in [5, 5.41) is 3.85. The minimum absolute atomic E-state index is 0.761. The number of rotatable bonds is 6. The Kier molecular flexibility index (Phi) is 5.99. The van der Waals surface area contributed by atoms with Crippen LogP contribution in [-0.4, -0.2) is 36.6 Å². The largest absolute Gasteiger partial charge is 0.313 e. The van der Waals surface area contributed by atoms with E-state index in [4.69, 9.17) is 0 Å². The number of likely N-dealkylation sites (N-methyl/N-ethyl adjacent to an activating group) is 1. The van der Waals surface area contributed by atoms with Gasteiger partial charge < -0.3 is 5.32 Å². The maximum Gasteiger partial charge on any atom is 0.0223 e. The van der Waals surface area contributed by atoms with E-state index in [-0.39, 0.29) is 0 Å². The molecule has 0 aromatic heterocycles. The van der Waals surface area contributed by atoms with Gasteiger partial charge in [-0.05, 0) is 63.5 Å². The highest BCUT2D eigenvalue weighted by molar-refractivity contribution is 4.91. The van der Waals surface area contributed by atoms with Crippen LogP contribution in [0.5, 0.6) is 0 Å². The van der Waals surface area contributed by atoms with Crippen LogP contribution in [0, 0.1) is 11.8 Å². The summed E-state index contributed by atoms with van der Waals surface area (Å²) in [6.07, 6.45) is 16.3. The van der Waals surface area contributed by atoms with Crippen LogP contribution in [0.4, 0.5) is 0 Å². The van der Waals surface area contributed by atoms with Crippen LogP contribution in [0.15, 0.2) is 0 Å². The highest BCUT2D eigenvalue weighted by Gasteiger charge is 2.35. The summed E-state index contributed by atoms with van der Waals surface area (Å²) in [4.78, 5) is 2.89. The Labute approximate surface area is 132 Å². The number of nitrogens with zero attached hydrogens (tertiary/aromatic N) is 1. The van der Waals surface area contributed by atoms with Crippen LogP contribution in [-0.2, 0) is 0 Å². The Hall–Kier alpha value is -0.0800. The fourth-order valence-corrected chi connectivity index (χ4v) is 5.39. The zero-order chi connectivity index (χ0) is 14.5. The first-order chi connectivity index (χ1) is 10.4. The van der Waals surface area contributed by atoms with Crippen molar-refractivity contribution in [3.63, 3.8) is 0 Å². The van der Waals surface area contributed by atoms with Crippen LogP contribution in [0.1, 0.15) is 77.6 Å². The molecule has 0 radical (unpaired) electrons. The molecular formula is C19H36N2. The molecule has 1 N–H and O–H groups in total. The molecule has 0 aromatic carbocycles. The second-order valence-corrected chi connectivity index (χ2v) is 7.81. The highest BCUT2D eigenvalue weighted by atomic mass is 15.2. The van der Waals surface area contributed by atoms with E-state index >= 15 is 0 Å². The van der Waals surface area contributed by atoms with Crippen LogP contribution < -0.4 is 5.32 Å². The van der Waals surface area contributed by atoms with E-state index in [0.717, 1.165) is 30.5 Å². The molecule has 1 heterocycles. The summed E-state index contributed by atoms with van der Waals surface area (Å²) < 4.78 is 0. The van der Waals surface area contributed by atoms with Gasteiger partial charge in [0.1, 0.15) is 0 Å². The van der Waals surface area contributed by atoms with Gasteiger partial charge in [-0.3, -0.25) is 4.90 Å². The predicted molar refractivity (Wildman–Crippen MR) is 90.6 cm³/mol. The van der Waals surface area contributed by atoms with Crippen molar-refractivity contribution in [1.29, 1.82) is 0 Å². The van der Waals surface area contributed by atoms with Crippen molar-refractivity contribution in [2.45, 2.75) is 89.6 Å². The molecule has 0 spiro atoms.